The minimum Gasteiger partial charge on any atom is -0.464 e. The van der Waals surface area contributed by atoms with E-state index in [2.05, 4.69) is 20.8 Å². The molecule has 1 aromatic heterocycles. The van der Waals surface area contributed by atoms with Crippen LogP contribution in [0.25, 0.3) is 0 Å². The van der Waals surface area contributed by atoms with E-state index in [0.29, 0.717) is 5.75 Å². The van der Waals surface area contributed by atoms with Crippen LogP contribution in [0.3, 0.4) is 0 Å². The monoisotopic (exact) mass is 270 g/mol. The van der Waals surface area contributed by atoms with Gasteiger partial charge in [0.15, 0.2) is 5.69 Å². The van der Waals surface area contributed by atoms with E-state index in [1.807, 2.05) is 12.1 Å². The fourth-order valence-electron chi connectivity index (χ4n) is 2.33. The Morgan fingerprint density at radius 1 is 1.20 bits per heavy atom. The zero-order valence-electron chi connectivity index (χ0n) is 11.1. The van der Waals surface area contributed by atoms with E-state index in [9.17, 15) is 4.79 Å². The molecule has 0 atom stereocenters. The molecule has 5 heteroatoms. The third-order valence-corrected chi connectivity index (χ3v) is 3.30. The Kier molecular flexibility index (Phi) is 3.33. The van der Waals surface area contributed by atoms with Crippen LogP contribution in [0, 0.1) is 0 Å². The molecule has 0 saturated carbocycles. The molecule has 0 amide bonds. The number of benzene rings is 1. The normalized spacial score (nSPS) is 12.8. The van der Waals surface area contributed by atoms with Crippen LogP contribution in [0.2, 0.25) is 0 Å². The van der Waals surface area contributed by atoms with Crippen molar-refractivity contribution in [1.29, 1.82) is 0 Å². The maximum Gasteiger partial charge on any atom is 0.358 e. The molecule has 0 aliphatic heterocycles. The molecule has 0 radical (unpaired) electrons. The highest BCUT2D eigenvalue weighted by atomic mass is 16.5. The first-order valence-electron chi connectivity index (χ1n) is 6.46. The number of carbonyl (C=O) groups excluding carboxylic acids is 1. The summed E-state index contributed by atoms with van der Waals surface area (Å²) in [6.45, 7) is 0. The Balaban J connectivity index is 1.82. The number of hydrogen-bond acceptors (Lipinski definition) is 5. The molecular formula is C15H14N2O3. The summed E-state index contributed by atoms with van der Waals surface area (Å²) in [6.07, 6.45) is 6.23. The molecule has 1 heterocycles. The summed E-state index contributed by atoms with van der Waals surface area (Å²) in [7, 11) is 1.30. The second kappa shape index (κ2) is 5.28. The predicted molar refractivity (Wildman–Crippen MR) is 71.9 cm³/mol. The molecule has 1 aromatic carbocycles. The fourth-order valence-corrected chi connectivity index (χ4v) is 2.33. The van der Waals surface area contributed by atoms with E-state index < -0.39 is 5.97 Å². The number of nitrogens with zero attached hydrogens (tertiary/aromatic N) is 2. The van der Waals surface area contributed by atoms with Crippen LogP contribution < -0.4 is 4.74 Å². The molecule has 3 rings (SSSR count). The second-order valence-electron chi connectivity index (χ2n) is 4.62. The molecule has 20 heavy (non-hydrogen) atoms. The molecule has 1 aliphatic carbocycles. The Morgan fingerprint density at radius 2 is 2.05 bits per heavy atom. The van der Waals surface area contributed by atoms with Crippen LogP contribution in [0.1, 0.15) is 28.0 Å². The van der Waals surface area contributed by atoms with Gasteiger partial charge >= 0.3 is 5.97 Å². The van der Waals surface area contributed by atoms with Crippen molar-refractivity contribution in [1.82, 2.24) is 9.97 Å². The molecule has 5 nitrogen and oxygen atoms in total. The third-order valence-electron chi connectivity index (χ3n) is 3.30. The molecule has 2 aromatic rings. The molecule has 0 unspecified atom stereocenters. The van der Waals surface area contributed by atoms with Crippen LogP contribution >= 0.6 is 0 Å². The number of hydrogen-bond donors (Lipinski definition) is 0. The van der Waals surface area contributed by atoms with Crippen molar-refractivity contribution in [3.8, 4) is 11.6 Å². The minimum atomic E-state index is -0.531. The molecular weight excluding hydrogens is 256 g/mol. The molecule has 102 valence electrons. The molecule has 0 N–H and O–H groups in total. The van der Waals surface area contributed by atoms with Gasteiger partial charge in [-0.25, -0.2) is 9.78 Å². The van der Waals surface area contributed by atoms with Crippen molar-refractivity contribution in [2.24, 2.45) is 0 Å². The lowest BCUT2D eigenvalue weighted by Gasteiger charge is -2.07. The van der Waals surface area contributed by atoms with Gasteiger partial charge in [0.2, 0.25) is 5.88 Å². The number of carbonyl (C=O) groups is 1. The van der Waals surface area contributed by atoms with Crippen molar-refractivity contribution >= 4 is 5.97 Å². The first-order chi connectivity index (χ1) is 9.76. The number of ether oxygens (including phenoxy) is 2. The first-order valence-corrected chi connectivity index (χ1v) is 6.46. The summed E-state index contributed by atoms with van der Waals surface area (Å²) >= 11 is 0. The highest BCUT2D eigenvalue weighted by Crippen LogP contribution is 2.28. The standard InChI is InChI=1S/C15H14N2O3/c1-19-15(18)13-8-16-9-14(17-13)20-12-6-5-10-3-2-4-11(10)7-12/h5-9H,2-4H2,1H3. The molecule has 0 bridgehead atoms. The lowest BCUT2D eigenvalue weighted by atomic mass is 10.1. The molecule has 0 saturated heterocycles. The highest BCUT2D eigenvalue weighted by Gasteiger charge is 2.13. The smallest absolute Gasteiger partial charge is 0.358 e. The summed E-state index contributed by atoms with van der Waals surface area (Å²) in [5.41, 5.74) is 2.83. The van der Waals surface area contributed by atoms with E-state index in [1.165, 1.54) is 37.1 Å². The SMILES string of the molecule is COC(=O)c1cncc(Oc2ccc3c(c2)CCC3)n1. The number of rotatable bonds is 3. The Morgan fingerprint density at radius 3 is 2.90 bits per heavy atom. The summed E-state index contributed by atoms with van der Waals surface area (Å²) in [5.74, 6) is 0.463. The lowest BCUT2D eigenvalue weighted by molar-refractivity contribution is 0.0592. The largest absolute Gasteiger partial charge is 0.464 e. The van der Waals surface area contributed by atoms with Gasteiger partial charge in [0.25, 0.3) is 0 Å². The van der Waals surface area contributed by atoms with Gasteiger partial charge < -0.3 is 9.47 Å². The lowest BCUT2D eigenvalue weighted by Crippen LogP contribution is -2.05. The van der Waals surface area contributed by atoms with E-state index in [-0.39, 0.29) is 11.6 Å². The zero-order valence-corrected chi connectivity index (χ0v) is 11.1. The van der Waals surface area contributed by atoms with Crippen molar-refractivity contribution in [3.63, 3.8) is 0 Å². The van der Waals surface area contributed by atoms with Gasteiger partial charge in [-0.3, -0.25) is 4.98 Å². The van der Waals surface area contributed by atoms with Crippen LogP contribution in [-0.2, 0) is 17.6 Å². The van der Waals surface area contributed by atoms with Gasteiger partial charge in [-0.2, -0.15) is 0 Å². The Hall–Kier alpha value is -2.43. The summed E-state index contributed by atoms with van der Waals surface area (Å²) in [4.78, 5) is 19.4. The first kappa shape index (κ1) is 12.6. The van der Waals surface area contributed by atoms with E-state index >= 15 is 0 Å². The average Bonchev–Trinajstić information content (AvgIpc) is 2.94. The van der Waals surface area contributed by atoms with Gasteiger partial charge in [0.1, 0.15) is 5.75 Å². The van der Waals surface area contributed by atoms with Crippen LogP contribution in [0.5, 0.6) is 11.6 Å². The maximum atomic E-state index is 11.4. The Labute approximate surface area is 116 Å². The second-order valence-corrected chi connectivity index (χ2v) is 4.62. The highest BCUT2D eigenvalue weighted by molar-refractivity contribution is 5.86. The van der Waals surface area contributed by atoms with Crippen LogP contribution in [0.4, 0.5) is 0 Å². The summed E-state index contributed by atoms with van der Waals surface area (Å²) < 4.78 is 10.3. The average molecular weight is 270 g/mol. The van der Waals surface area contributed by atoms with Crippen LogP contribution in [0.15, 0.2) is 30.6 Å². The van der Waals surface area contributed by atoms with Crippen LogP contribution in [-0.4, -0.2) is 23.0 Å². The van der Waals surface area contributed by atoms with Gasteiger partial charge in [-0.15, -0.1) is 0 Å². The van der Waals surface area contributed by atoms with E-state index in [0.717, 1.165) is 12.8 Å². The molecule has 0 spiro atoms. The van der Waals surface area contributed by atoms with Crippen molar-refractivity contribution < 1.29 is 14.3 Å². The summed E-state index contributed by atoms with van der Waals surface area (Å²) in [5, 5.41) is 0. The predicted octanol–water partition coefficient (Wildman–Crippen LogP) is 2.54. The number of methoxy groups -OCH3 is 1. The minimum absolute atomic E-state index is 0.131. The number of aromatic nitrogens is 2. The number of aryl methyl sites for hydroxylation is 2. The third kappa shape index (κ3) is 2.47. The number of esters is 1. The maximum absolute atomic E-state index is 11.4. The fraction of sp³-hybridized carbons (Fsp3) is 0.267. The Bertz CT molecular complexity index is 655. The van der Waals surface area contributed by atoms with Crippen molar-refractivity contribution in [3.05, 3.63) is 47.4 Å². The van der Waals surface area contributed by atoms with Gasteiger partial charge in [-0.05, 0) is 42.5 Å². The number of fused-ring (bicyclic) bond motifs is 1. The zero-order chi connectivity index (χ0) is 13.9. The van der Waals surface area contributed by atoms with Gasteiger partial charge in [-0.1, -0.05) is 6.07 Å². The topological polar surface area (TPSA) is 61.3 Å². The van der Waals surface area contributed by atoms with Gasteiger partial charge in [0, 0.05) is 0 Å². The van der Waals surface area contributed by atoms with Gasteiger partial charge in [0.05, 0.1) is 19.5 Å². The van der Waals surface area contributed by atoms with Crippen molar-refractivity contribution in [2.75, 3.05) is 7.11 Å². The molecule has 0 fully saturated rings. The van der Waals surface area contributed by atoms with E-state index in [4.69, 9.17) is 4.74 Å². The van der Waals surface area contributed by atoms with Crippen molar-refractivity contribution in [2.45, 2.75) is 19.3 Å². The quantitative estimate of drug-likeness (QED) is 0.802. The summed E-state index contributed by atoms with van der Waals surface area (Å²) in [6, 6.07) is 6.01. The van der Waals surface area contributed by atoms with E-state index in [1.54, 1.807) is 0 Å². The molecule has 1 aliphatic rings.